The Kier molecular flexibility index (Phi) is 6.37. The van der Waals surface area contributed by atoms with Crippen molar-refractivity contribution in [2.45, 2.75) is 46.2 Å². The molecule has 1 atom stereocenters. The van der Waals surface area contributed by atoms with E-state index in [0.29, 0.717) is 5.92 Å². The van der Waals surface area contributed by atoms with Gasteiger partial charge in [0, 0.05) is 12.6 Å². The maximum Gasteiger partial charge on any atom is 0.0589 e. The van der Waals surface area contributed by atoms with Crippen molar-refractivity contribution in [3.8, 4) is 0 Å². The minimum absolute atomic E-state index is 0.224. The Morgan fingerprint density at radius 3 is 2.11 bits per heavy atom. The van der Waals surface area contributed by atoms with Crippen molar-refractivity contribution in [2.24, 2.45) is 5.92 Å². The van der Waals surface area contributed by atoms with Crippen LogP contribution in [0.1, 0.15) is 38.3 Å². The van der Waals surface area contributed by atoms with Crippen LogP contribution in [-0.2, 0) is 13.0 Å². The Hall–Kier alpha value is -0.860. The molecule has 0 bridgehead atoms. The summed E-state index contributed by atoms with van der Waals surface area (Å²) in [6.45, 7) is 7.64. The molecule has 0 aliphatic carbocycles. The second kappa shape index (κ2) is 7.55. The lowest BCUT2D eigenvalue weighted by molar-refractivity contribution is 0.108. The van der Waals surface area contributed by atoms with Crippen LogP contribution in [0.15, 0.2) is 24.3 Å². The van der Waals surface area contributed by atoms with Crippen molar-refractivity contribution in [1.82, 2.24) is 4.90 Å². The van der Waals surface area contributed by atoms with E-state index in [0.717, 1.165) is 13.0 Å². The molecule has 1 N–H and O–H groups in total. The third-order valence-corrected chi connectivity index (χ3v) is 3.52. The normalized spacial score (nSPS) is 13.3. The SMILES string of the molecule is CCCc1ccc(CN(C)C(CO)C(C)C)cc1. The van der Waals surface area contributed by atoms with Crippen molar-refractivity contribution in [3.05, 3.63) is 35.4 Å². The molecule has 1 rings (SSSR count). The first kappa shape index (κ1) is 15.2. The number of rotatable bonds is 7. The zero-order valence-corrected chi connectivity index (χ0v) is 12.2. The highest BCUT2D eigenvalue weighted by Gasteiger charge is 2.17. The van der Waals surface area contributed by atoms with Crippen LogP contribution in [0.3, 0.4) is 0 Å². The highest BCUT2D eigenvalue weighted by atomic mass is 16.3. The van der Waals surface area contributed by atoms with Gasteiger partial charge >= 0.3 is 0 Å². The molecule has 0 heterocycles. The van der Waals surface area contributed by atoms with Crippen LogP contribution in [0.2, 0.25) is 0 Å². The predicted molar refractivity (Wildman–Crippen MR) is 77.6 cm³/mol. The molecule has 102 valence electrons. The molecule has 18 heavy (non-hydrogen) atoms. The zero-order chi connectivity index (χ0) is 13.5. The smallest absolute Gasteiger partial charge is 0.0589 e. The first-order chi connectivity index (χ1) is 8.58. The fraction of sp³-hybridized carbons (Fsp3) is 0.625. The van der Waals surface area contributed by atoms with Gasteiger partial charge < -0.3 is 5.11 Å². The summed E-state index contributed by atoms with van der Waals surface area (Å²) < 4.78 is 0. The third kappa shape index (κ3) is 4.43. The van der Waals surface area contributed by atoms with Gasteiger partial charge in [-0.2, -0.15) is 0 Å². The van der Waals surface area contributed by atoms with Gasteiger partial charge in [0.2, 0.25) is 0 Å². The minimum atomic E-state index is 0.224. The summed E-state index contributed by atoms with van der Waals surface area (Å²) >= 11 is 0. The fourth-order valence-electron chi connectivity index (χ4n) is 2.36. The molecule has 0 aliphatic heterocycles. The molecule has 2 heteroatoms. The largest absolute Gasteiger partial charge is 0.395 e. The van der Waals surface area contributed by atoms with E-state index in [1.165, 1.54) is 17.5 Å². The van der Waals surface area contributed by atoms with Gasteiger partial charge in [-0.25, -0.2) is 0 Å². The van der Waals surface area contributed by atoms with Gasteiger partial charge in [-0.15, -0.1) is 0 Å². The number of hydrogen-bond acceptors (Lipinski definition) is 2. The molecule has 1 aromatic rings. The number of aliphatic hydroxyl groups excluding tert-OH is 1. The monoisotopic (exact) mass is 249 g/mol. The molecular weight excluding hydrogens is 222 g/mol. The molecular formula is C16H27NO. The van der Waals surface area contributed by atoms with Gasteiger partial charge in [0.1, 0.15) is 0 Å². The van der Waals surface area contributed by atoms with E-state index in [1.807, 2.05) is 0 Å². The number of hydrogen-bond donors (Lipinski definition) is 1. The molecule has 1 unspecified atom stereocenters. The Morgan fingerprint density at radius 2 is 1.67 bits per heavy atom. The van der Waals surface area contributed by atoms with Crippen molar-refractivity contribution in [1.29, 1.82) is 0 Å². The average Bonchev–Trinajstić information content (AvgIpc) is 2.32. The molecule has 0 saturated carbocycles. The number of likely N-dealkylation sites (N-methyl/N-ethyl adjacent to an activating group) is 1. The lowest BCUT2D eigenvalue weighted by atomic mass is 10.0. The molecule has 0 amide bonds. The first-order valence-corrected chi connectivity index (χ1v) is 6.97. The third-order valence-electron chi connectivity index (χ3n) is 3.52. The summed E-state index contributed by atoms with van der Waals surface area (Å²) in [6.07, 6.45) is 2.35. The number of aliphatic hydroxyl groups is 1. The van der Waals surface area contributed by atoms with Gasteiger partial charge in [-0.1, -0.05) is 51.5 Å². The molecule has 0 radical (unpaired) electrons. The predicted octanol–water partition coefficient (Wildman–Crippen LogP) is 3.09. The number of nitrogens with zero attached hydrogens (tertiary/aromatic N) is 1. The highest BCUT2D eigenvalue weighted by molar-refractivity contribution is 5.22. The second-order valence-corrected chi connectivity index (χ2v) is 5.48. The van der Waals surface area contributed by atoms with Gasteiger partial charge in [-0.3, -0.25) is 4.90 Å². The van der Waals surface area contributed by atoms with Gasteiger partial charge in [0.25, 0.3) is 0 Å². The van der Waals surface area contributed by atoms with Crippen molar-refractivity contribution < 1.29 is 5.11 Å². The molecule has 0 spiro atoms. The Morgan fingerprint density at radius 1 is 1.11 bits per heavy atom. The quantitative estimate of drug-likeness (QED) is 0.802. The zero-order valence-electron chi connectivity index (χ0n) is 12.2. The first-order valence-electron chi connectivity index (χ1n) is 6.97. The lowest BCUT2D eigenvalue weighted by Crippen LogP contribution is -2.38. The van der Waals surface area contributed by atoms with Crippen LogP contribution in [0.5, 0.6) is 0 Å². The maximum atomic E-state index is 9.42. The fourth-order valence-corrected chi connectivity index (χ4v) is 2.36. The topological polar surface area (TPSA) is 23.5 Å². The molecule has 0 fully saturated rings. The van der Waals surface area contributed by atoms with E-state index < -0.39 is 0 Å². The van der Waals surface area contributed by atoms with Crippen LogP contribution >= 0.6 is 0 Å². The number of benzene rings is 1. The van der Waals surface area contributed by atoms with E-state index in [9.17, 15) is 5.11 Å². The van der Waals surface area contributed by atoms with Gasteiger partial charge in [0.05, 0.1) is 6.61 Å². The van der Waals surface area contributed by atoms with Crippen molar-refractivity contribution >= 4 is 0 Å². The van der Waals surface area contributed by atoms with E-state index in [4.69, 9.17) is 0 Å². The van der Waals surface area contributed by atoms with Crippen molar-refractivity contribution in [2.75, 3.05) is 13.7 Å². The molecule has 0 aromatic heterocycles. The van der Waals surface area contributed by atoms with E-state index >= 15 is 0 Å². The minimum Gasteiger partial charge on any atom is -0.395 e. The van der Waals surface area contributed by atoms with E-state index in [-0.39, 0.29) is 12.6 Å². The van der Waals surface area contributed by atoms with Crippen LogP contribution in [0, 0.1) is 5.92 Å². The van der Waals surface area contributed by atoms with E-state index in [2.05, 4.69) is 57.0 Å². The Balaban J connectivity index is 2.60. The summed E-state index contributed by atoms with van der Waals surface area (Å²) in [6, 6.07) is 9.08. The van der Waals surface area contributed by atoms with Gasteiger partial charge in [0.15, 0.2) is 0 Å². The van der Waals surface area contributed by atoms with Crippen LogP contribution in [0.25, 0.3) is 0 Å². The summed E-state index contributed by atoms with van der Waals surface area (Å²) in [5.74, 6) is 0.472. The molecule has 0 saturated heterocycles. The molecule has 0 aliphatic rings. The molecule has 1 aromatic carbocycles. The standard InChI is InChI=1S/C16H27NO/c1-5-6-14-7-9-15(10-8-14)11-17(4)16(12-18)13(2)3/h7-10,13,16,18H,5-6,11-12H2,1-4H3. The Labute approximate surface area is 112 Å². The Bertz CT molecular complexity index is 331. The summed E-state index contributed by atoms with van der Waals surface area (Å²) in [7, 11) is 2.08. The molecule has 2 nitrogen and oxygen atoms in total. The van der Waals surface area contributed by atoms with Gasteiger partial charge in [-0.05, 0) is 30.5 Å². The maximum absolute atomic E-state index is 9.42. The second-order valence-electron chi connectivity index (χ2n) is 5.48. The van der Waals surface area contributed by atoms with Crippen molar-refractivity contribution in [3.63, 3.8) is 0 Å². The summed E-state index contributed by atoms with van der Waals surface area (Å²) in [5, 5.41) is 9.42. The summed E-state index contributed by atoms with van der Waals surface area (Å²) in [4.78, 5) is 2.24. The van der Waals surface area contributed by atoms with Crippen LogP contribution in [0.4, 0.5) is 0 Å². The van der Waals surface area contributed by atoms with Crippen LogP contribution in [-0.4, -0.2) is 29.7 Å². The average molecular weight is 249 g/mol. The highest BCUT2D eigenvalue weighted by Crippen LogP contribution is 2.13. The lowest BCUT2D eigenvalue weighted by Gasteiger charge is -2.29. The van der Waals surface area contributed by atoms with E-state index in [1.54, 1.807) is 0 Å². The van der Waals surface area contributed by atoms with Crippen LogP contribution < -0.4 is 0 Å². The summed E-state index contributed by atoms with van der Waals surface area (Å²) in [5.41, 5.74) is 2.72. The number of aryl methyl sites for hydroxylation is 1.